The standard InChI is InChI=1S/C24H23F3N2O3S/c1-17-6-12-22(13-7-17)33(31,32)29(15-19-5-3-4-18(2)14-19)16-23(30)28-21-10-8-20(9-11-21)24(25,26)27/h3-14H,15-16H2,1-2H3,(H,28,30). The lowest BCUT2D eigenvalue weighted by molar-refractivity contribution is -0.137. The molecule has 0 aliphatic rings. The summed E-state index contributed by atoms with van der Waals surface area (Å²) in [6.07, 6.45) is -4.49. The molecule has 0 bridgehead atoms. The first-order valence-electron chi connectivity index (χ1n) is 10.0. The summed E-state index contributed by atoms with van der Waals surface area (Å²) in [4.78, 5) is 12.7. The van der Waals surface area contributed by atoms with Crippen LogP contribution in [-0.4, -0.2) is 25.2 Å². The molecule has 0 fully saturated rings. The Labute approximate surface area is 190 Å². The topological polar surface area (TPSA) is 66.5 Å². The largest absolute Gasteiger partial charge is 0.416 e. The number of halogens is 3. The number of carbonyl (C=O) groups is 1. The molecule has 0 spiro atoms. The number of carbonyl (C=O) groups excluding carboxylic acids is 1. The Morgan fingerprint density at radius 2 is 1.55 bits per heavy atom. The minimum Gasteiger partial charge on any atom is -0.325 e. The third-order valence-electron chi connectivity index (χ3n) is 4.92. The zero-order valence-electron chi connectivity index (χ0n) is 18.1. The number of benzene rings is 3. The van der Waals surface area contributed by atoms with Crippen LogP contribution in [0.1, 0.15) is 22.3 Å². The molecule has 5 nitrogen and oxygen atoms in total. The van der Waals surface area contributed by atoms with Crippen molar-refractivity contribution in [3.63, 3.8) is 0 Å². The summed E-state index contributed by atoms with van der Waals surface area (Å²) in [6, 6.07) is 17.5. The van der Waals surface area contributed by atoms with E-state index in [2.05, 4.69) is 5.32 Å². The number of sulfonamides is 1. The molecule has 1 amide bonds. The predicted octanol–water partition coefficient (Wildman–Crippen LogP) is 5.15. The number of hydrogen-bond donors (Lipinski definition) is 1. The Balaban J connectivity index is 1.84. The minimum absolute atomic E-state index is 0.0433. The normalized spacial score (nSPS) is 12.1. The minimum atomic E-state index is -4.49. The molecule has 0 aliphatic heterocycles. The van der Waals surface area contributed by atoms with Crippen LogP contribution in [0, 0.1) is 13.8 Å². The van der Waals surface area contributed by atoms with Crippen molar-refractivity contribution in [3.05, 3.63) is 95.1 Å². The molecule has 9 heteroatoms. The van der Waals surface area contributed by atoms with Crippen molar-refractivity contribution in [2.75, 3.05) is 11.9 Å². The van der Waals surface area contributed by atoms with Crippen LogP contribution in [0.3, 0.4) is 0 Å². The highest BCUT2D eigenvalue weighted by molar-refractivity contribution is 7.89. The fraction of sp³-hybridized carbons (Fsp3) is 0.208. The number of nitrogens with zero attached hydrogens (tertiary/aromatic N) is 1. The van der Waals surface area contributed by atoms with Gasteiger partial charge in [-0.3, -0.25) is 4.79 Å². The van der Waals surface area contributed by atoms with Crippen molar-refractivity contribution in [2.45, 2.75) is 31.5 Å². The number of nitrogens with one attached hydrogen (secondary N) is 1. The monoisotopic (exact) mass is 476 g/mol. The van der Waals surface area contributed by atoms with Gasteiger partial charge >= 0.3 is 6.18 Å². The predicted molar refractivity (Wildman–Crippen MR) is 120 cm³/mol. The molecule has 0 aromatic heterocycles. The van der Waals surface area contributed by atoms with Crippen molar-refractivity contribution in [3.8, 4) is 0 Å². The van der Waals surface area contributed by atoms with Gasteiger partial charge in [-0.1, -0.05) is 47.5 Å². The van der Waals surface area contributed by atoms with Gasteiger partial charge in [0.2, 0.25) is 15.9 Å². The summed E-state index contributed by atoms with van der Waals surface area (Å²) in [5.41, 5.74) is 1.82. The molecular formula is C24H23F3N2O3S. The van der Waals surface area contributed by atoms with E-state index in [9.17, 15) is 26.4 Å². The van der Waals surface area contributed by atoms with Gasteiger partial charge in [0.15, 0.2) is 0 Å². The summed E-state index contributed by atoms with van der Waals surface area (Å²) in [6.45, 7) is 3.15. The maximum absolute atomic E-state index is 13.3. The van der Waals surface area contributed by atoms with Crippen molar-refractivity contribution < 1.29 is 26.4 Å². The summed E-state index contributed by atoms with van der Waals surface area (Å²) < 4.78 is 65.9. The summed E-state index contributed by atoms with van der Waals surface area (Å²) in [5.74, 6) is -0.668. The first-order chi connectivity index (χ1) is 15.4. The van der Waals surface area contributed by atoms with Gasteiger partial charge in [0.25, 0.3) is 0 Å². The van der Waals surface area contributed by atoms with E-state index in [0.717, 1.165) is 39.7 Å². The van der Waals surface area contributed by atoms with E-state index in [1.54, 1.807) is 24.3 Å². The van der Waals surface area contributed by atoms with E-state index in [1.807, 2.05) is 26.0 Å². The maximum atomic E-state index is 13.3. The fourth-order valence-corrected chi connectivity index (χ4v) is 4.59. The van der Waals surface area contributed by atoms with Crippen LogP contribution in [0.5, 0.6) is 0 Å². The van der Waals surface area contributed by atoms with Crippen molar-refractivity contribution in [2.24, 2.45) is 0 Å². The second-order valence-corrected chi connectivity index (χ2v) is 9.64. The molecule has 3 rings (SSSR count). The second kappa shape index (κ2) is 9.76. The Bertz CT molecular complexity index is 1220. The number of amides is 1. The van der Waals surface area contributed by atoms with E-state index in [1.165, 1.54) is 12.1 Å². The highest BCUT2D eigenvalue weighted by Gasteiger charge is 2.30. The van der Waals surface area contributed by atoms with Crippen LogP contribution in [0.2, 0.25) is 0 Å². The van der Waals surface area contributed by atoms with Crippen LogP contribution in [0.4, 0.5) is 18.9 Å². The lowest BCUT2D eigenvalue weighted by Crippen LogP contribution is -2.37. The van der Waals surface area contributed by atoms with Crippen LogP contribution in [0.15, 0.2) is 77.7 Å². The van der Waals surface area contributed by atoms with E-state index in [0.29, 0.717) is 5.56 Å². The number of hydrogen-bond acceptors (Lipinski definition) is 3. The van der Waals surface area contributed by atoms with Gasteiger partial charge in [-0.25, -0.2) is 8.42 Å². The van der Waals surface area contributed by atoms with Crippen molar-refractivity contribution in [1.29, 1.82) is 0 Å². The molecule has 174 valence electrons. The second-order valence-electron chi connectivity index (χ2n) is 7.70. The van der Waals surface area contributed by atoms with Gasteiger partial charge in [-0.2, -0.15) is 17.5 Å². The van der Waals surface area contributed by atoms with Gasteiger partial charge < -0.3 is 5.32 Å². The summed E-state index contributed by atoms with van der Waals surface area (Å²) in [7, 11) is -4.02. The first-order valence-corrected chi connectivity index (χ1v) is 11.5. The molecule has 1 N–H and O–H groups in total. The molecule has 0 unspecified atom stereocenters. The molecule has 3 aromatic carbocycles. The van der Waals surface area contributed by atoms with E-state index >= 15 is 0 Å². The third-order valence-corrected chi connectivity index (χ3v) is 6.72. The summed E-state index contributed by atoms with van der Waals surface area (Å²) >= 11 is 0. The molecular weight excluding hydrogens is 453 g/mol. The number of rotatable bonds is 7. The van der Waals surface area contributed by atoms with E-state index < -0.39 is 34.2 Å². The smallest absolute Gasteiger partial charge is 0.325 e. The van der Waals surface area contributed by atoms with Crippen LogP contribution < -0.4 is 5.32 Å². The SMILES string of the molecule is Cc1ccc(S(=O)(=O)N(CC(=O)Nc2ccc(C(F)(F)F)cc2)Cc2cccc(C)c2)cc1. The maximum Gasteiger partial charge on any atom is 0.416 e. The zero-order valence-corrected chi connectivity index (χ0v) is 18.9. The third kappa shape index (κ3) is 6.43. The molecule has 0 atom stereocenters. The number of alkyl halides is 3. The highest BCUT2D eigenvalue weighted by atomic mass is 32.2. The number of aryl methyl sites for hydroxylation is 2. The van der Waals surface area contributed by atoms with Crippen LogP contribution >= 0.6 is 0 Å². The van der Waals surface area contributed by atoms with Gasteiger partial charge in [0.05, 0.1) is 17.0 Å². The molecule has 0 heterocycles. The van der Waals surface area contributed by atoms with Gasteiger partial charge in [0.1, 0.15) is 0 Å². The average molecular weight is 477 g/mol. The Morgan fingerprint density at radius 1 is 0.909 bits per heavy atom. The Kier molecular flexibility index (Phi) is 7.24. The fourth-order valence-electron chi connectivity index (χ4n) is 3.20. The van der Waals surface area contributed by atoms with Gasteiger partial charge in [0, 0.05) is 12.2 Å². The lowest BCUT2D eigenvalue weighted by atomic mass is 10.1. The molecule has 0 saturated heterocycles. The first kappa shape index (κ1) is 24.5. The number of anilines is 1. The quantitative estimate of drug-likeness (QED) is 0.513. The van der Waals surface area contributed by atoms with E-state index in [4.69, 9.17) is 0 Å². The van der Waals surface area contributed by atoms with Crippen LogP contribution in [-0.2, 0) is 27.5 Å². The molecule has 33 heavy (non-hydrogen) atoms. The highest BCUT2D eigenvalue weighted by Crippen LogP contribution is 2.30. The molecule has 0 radical (unpaired) electrons. The zero-order chi connectivity index (χ0) is 24.2. The Hall–Kier alpha value is -3.17. The molecule has 0 aliphatic carbocycles. The van der Waals surface area contributed by atoms with Crippen LogP contribution in [0.25, 0.3) is 0 Å². The molecule has 3 aromatic rings. The van der Waals surface area contributed by atoms with Gasteiger partial charge in [-0.15, -0.1) is 0 Å². The van der Waals surface area contributed by atoms with E-state index in [-0.39, 0.29) is 17.1 Å². The van der Waals surface area contributed by atoms with Crippen molar-refractivity contribution >= 4 is 21.6 Å². The average Bonchev–Trinajstić information content (AvgIpc) is 2.73. The van der Waals surface area contributed by atoms with Crippen molar-refractivity contribution in [1.82, 2.24) is 4.31 Å². The summed E-state index contributed by atoms with van der Waals surface area (Å²) in [5, 5.41) is 2.47. The molecule has 0 saturated carbocycles. The Morgan fingerprint density at radius 3 is 2.12 bits per heavy atom. The van der Waals surface area contributed by atoms with Gasteiger partial charge in [-0.05, 0) is 55.8 Å². The lowest BCUT2D eigenvalue weighted by Gasteiger charge is -2.22.